The Morgan fingerprint density at radius 3 is 1.75 bits per heavy atom. The number of nitriles is 1. The molecule has 0 atom stereocenters. The minimum absolute atomic E-state index is 0. The van der Waals surface area contributed by atoms with Crippen LogP contribution in [0.1, 0.15) is 0 Å². The fraction of sp³-hybridized carbons (Fsp3) is 0.800. The van der Waals surface area contributed by atoms with Crippen molar-refractivity contribution >= 4 is 7.26 Å². The Labute approximate surface area is 77.1 Å². The van der Waals surface area contributed by atoms with Crippen LogP contribution in [0.3, 0.4) is 0 Å². The summed E-state index contributed by atoms with van der Waals surface area (Å²) in [5.41, 5.74) is 0. The molecular formula is C5H11NPY+. The summed E-state index contributed by atoms with van der Waals surface area (Å²) in [6, 6.07) is 2.16. The third-order valence-electron chi connectivity index (χ3n) is 0.545. The average Bonchev–Trinajstić information content (AvgIpc) is 1.30. The first-order valence-electron chi connectivity index (χ1n) is 2.24. The molecule has 0 aliphatic carbocycles. The Morgan fingerprint density at radius 2 is 1.75 bits per heavy atom. The first-order valence-corrected chi connectivity index (χ1v) is 5.55. The minimum atomic E-state index is -0.777. The van der Waals surface area contributed by atoms with Gasteiger partial charge in [-0.05, 0) is 0 Å². The molecule has 1 nitrogen and oxygen atoms in total. The van der Waals surface area contributed by atoms with E-state index in [1.807, 2.05) is 0 Å². The molecule has 0 aromatic rings. The summed E-state index contributed by atoms with van der Waals surface area (Å²) >= 11 is 0. The molecule has 43 valence electrons. The summed E-state index contributed by atoms with van der Waals surface area (Å²) in [7, 11) is -0.777. The third kappa shape index (κ3) is 10.1. The van der Waals surface area contributed by atoms with E-state index in [1.165, 1.54) is 0 Å². The molecule has 0 fully saturated rings. The van der Waals surface area contributed by atoms with E-state index in [4.69, 9.17) is 5.26 Å². The molecule has 0 saturated carbocycles. The predicted octanol–water partition coefficient (Wildman–Crippen LogP) is 1.41. The second kappa shape index (κ2) is 4.86. The van der Waals surface area contributed by atoms with Crippen LogP contribution in [0.15, 0.2) is 0 Å². The molecule has 0 bridgehead atoms. The molecular weight excluding hydrogens is 194 g/mol. The fourth-order valence-corrected chi connectivity index (χ4v) is 0.636. The first kappa shape index (κ1) is 11.8. The largest absolute Gasteiger partial charge is 0.194 e. The Morgan fingerprint density at radius 1 is 1.38 bits per heavy atom. The van der Waals surface area contributed by atoms with Gasteiger partial charge in [0.1, 0.15) is 12.2 Å². The number of nitrogens with zero attached hydrogens (tertiary/aromatic N) is 1. The number of rotatable bonds is 1. The van der Waals surface area contributed by atoms with Crippen LogP contribution in [0.25, 0.3) is 0 Å². The van der Waals surface area contributed by atoms with Crippen molar-refractivity contribution in [3.8, 4) is 6.07 Å². The molecule has 3 heteroatoms. The Kier molecular flexibility index (Phi) is 7.16. The summed E-state index contributed by atoms with van der Waals surface area (Å²) in [6.45, 7) is 6.49. The first-order chi connectivity index (χ1) is 3.06. The van der Waals surface area contributed by atoms with Gasteiger partial charge in [-0.3, -0.25) is 0 Å². The van der Waals surface area contributed by atoms with E-state index in [1.54, 1.807) is 0 Å². The summed E-state index contributed by atoms with van der Waals surface area (Å²) in [4.78, 5) is 0. The average molecular weight is 205 g/mol. The Balaban J connectivity index is 0. The second-order valence-corrected chi connectivity index (χ2v) is 7.50. The Hall–Kier alpha value is 1.02. The monoisotopic (exact) mass is 205 g/mol. The van der Waals surface area contributed by atoms with Crippen molar-refractivity contribution in [3.05, 3.63) is 0 Å². The molecule has 0 spiro atoms. The van der Waals surface area contributed by atoms with Gasteiger partial charge in [-0.15, -0.1) is 0 Å². The zero-order chi connectivity index (χ0) is 5.91. The minimum Gasteiger partial charge on any atom is -0.194 e. The molecule has 0 aliphatic heterocycles. The van der Waals surface area contributed by atoms with Gasteiger partial charge in [-0.1, -0.05) is 0 Å². The van der Waals surface area contributed by atoms with Gasteiger partial charge in [0.2, 0.25) is 0 Å². The summed E-state index contributed by atoms with van der Waals surface area (Å²) in [5.74, 6) is 0. The third-order valence-corrected chi connectivity index (χ3v) is 1.64. The van der Waals surface area contributed by atoms with Crippen LogP contribution in [0.4, 0.5) is 0 Å². The zero-order valence-corrected chi connectivity index (χ0v) is 9.41. The fourth-order valence-electron chi connectivity index (χ4n) is 0.212. The molecule has 0 amide bonds. The van der Waals surface area contributed by atoms with Crippen LogP contribution in [-0.4, -0.2) is 26.2 Å². The normalized spacial score (nSPS) is 9.25. The molecule has 0 aromatic heterocycles. The molecule has 8 heavy (non-hydrogen) atoms. The molecule has 0 rings (SSSR count). The summed E-state index contributed by atoms with van der Waals surface area (Å²) in [6.07, 6.45) is 0.757. The van der Waals surface area contributed by atoms with Crippen molar-refractivity contribution in [3.63, 3.8) is 0 Å². The molecule has 0 aromatic carbocycles. The van der Waals surface area contributed by atoms with Crippen LogP contribution in [0, 0.1) is 11.3 Å². The maximum atomic E-state index is 8.18. The SMILES string of the molecule is C[P+](C)(C)CC#N.[Y]. The van der Waals surface area contributed by atoms with Crippen molar-refractivity contribution in [2.75, 3.05) is 26.2 Å². The van der Waals surface area contributed by atoms with E-state index in [9.17, 15) is 0 Å². The number of hydrogen-bond acceptors (Lipinski definition) is 1. The van der Waals surface area contributed by atoms with Gasteiger partial charge in [0.25, 0.3) is 0 Å². The van der Waals surface area contributed by atoms with Crippen molar-refractivity contribution in [2.45, 2.75) is 0 Å². The molecule has 0 unspecified atom stereocenters. The van der Waals surface area contributed by atoms with E-state index in [2.05, 4.69) is 26.1 Å². The Bertz CT molecular complexity index is 89.6. The van der Waals surface area contributed by atoms with Crippen molar-refractivity contribution in [1.82, 2.24) is 0 Å². The van der Waals surface area contributed by atoms with Gasteiger partial charge in [0.15, 0.2) is 0 Å². The van der Waals surface area contributed by atoms with Crippen molar-refractivity contribution < 1.29 is 32.7 Å². The standard InChI is InChI=1S/C5H11NP.Y/c1-7(2,3)5-4-6;/h5H2,1-3H3;/q+1;. The second-order valence-electron chi connectivity index (χ2n) is 2.61. The summed E-state index contributed by atoms with van der Waals surface area (Å²) in [5, 5.41) is 8.18. The quantitative estimate of drug-likeness (QED) is 0.593. The van der Waals surface area contributed by atoms with E-state index >= 15 is 0 Å². The maximum Gasteiger partial charge on any atom is 0.144 e. The van der Waals surface area contributed by atoms with Crippen LogP contribution in [0.5, 0.6) is 0 Å². The molecule has 0 aliphatic rings. The van der Waals surface area contributed by atoms with E-state index < -0.39 is 7.26 Å². The predicted molar refractivity (Wildman–Crippen MR) is 35.2 cm³/mol. The van der Waals surface area contributed by atoms with Crippen LogP contribution in [-0.2, 0) is 32.7 Å². The zero-order valence-electron chi connectivity index (χ0n) is 5.68. The van der Waals surface area contributed by atoms with Crippen molar-refractivity contribution in [1.29, 1.82) is 5.26 Å². The van der Waals surface area contributed by atoms with Gasteiger partial charge in [0.05, 0.1) is 0 Å². The van der Waals surface area contributed by atoms with Gasteiger partial charge in [-0.2, -0.15) is 5.26 Å². The molecule has 0 N–H and O–H groups in total. The molecule has 1 radical (unpaired) electrons. The van der Waals surface area contributed by atoms with Gasteiger partial charge in [-0.25, -0.2) is 0 Å². The molecule has 0 saturated heterocycles. The molecule has 0 heterocycles. The summed E-state index contributed by atoms with van der Waals surface area (Å²) < 4.78 is 0. The topological polar surface area (TPSA) is 23.8 Å². The van der Waals surface area contributed by atoms with Gasteiger partial charge >= 0.3 is 0 Å². The van der Waals surface area contributed by atoms with Crippen LogP contribution < -0.4 is 0 Å². The van der Waals surface area contributed by atoms with Gasteiger partial charge < -0.3 is 0 Å². The number of hydrogen-bond donors (Lipinski definition) is 0. The maximum absolute atomic E-state index is 8.18. The van der Waals surface area contributed by atoms with Gasteiger partial charge in [0, 0.05) is 60.0 Å². The van der Waals surface area contributed by atoms with E-state index in [0.717, 1.165) is 6.16 Å². The van der Waals surface area contributed by atoms with Crippen molar-refractivity contribution in [2.24, 2.45) is 0 Å². The smallest absolute Gasteiger partial charge is 0.144 e. The van der Waals surface area contributed by atoms with E-state index in [-0.39, 0.29) is 32.7 Å². The van der Waals surface area contributed by atoms with Crippen LogP contribution in [0.2, 0.25) is 0 Å². The van der Waals surface area contributed by atoms with E-state index in [0.29, 0.717) is 0 Å². The van der Waals surface area contributed by atoms with Crippen LogP contribution >= 0.6 is 7.26 Å².